The molecule has 0 saturated carbocycles. The van der Waals surface area contributed by atoms with Crippen LogP contribution in [-0.4, -0.2) is 40.6 Å². The molecule has 2 aliphatic heterocycles. The van der Waals surface area contributed by atoms with Gasteiger partial charge in [-0.1, -0.05) is 36.4 Å². The van der Waals surface area contributed by atoms with E-state index in [4.69, 9.17) is 0 Å². The lowest BCUT2D eigenvalue weighted by Crippen LogP contribution is -2.37. The van der Waals surface area contributed by atoms with Crippen molar-refractivity contribution in [1.29, 1.82) is 0 Å². The van der Waals surface area contributed by atoms with E-state index >= 15 is 0 Å². The first-order valence-corrected chi connectivity index (χ1v) is 8.58. The Morgan fingerprint density at radius 1 is 1.15 bits per heavy atom. The molecule has 0 spiro atoms. The Morgan fingerprint density at radius 3 is 2.55 bits per heavy atom. The van der Waals surface area contributed by atoms with Crippen molar-refractivity contribution in [3.8, 4) is 0 Å². The molecule has 3 heteroatoms. The number of rotatable bonds is 4. The topological polar surface area (TPSA) is 6.48 Å². The van der Waals surface area contributed by atoms with E-state index in [-0.39, 0.29) is 0 Å². The van der Waals surface area contributed by atoms with Crippen LogP contribution in [0.25, 0.3) is 0 Å². The van der Waals surface area contributed by atoms with Crippen molar-refractivity contribution in [2.45, 2.75) is 30.9 Å². The smallest absolute Gasteiger partial charge is 0.0572 e. The molecule has 3 rings (SSSR count). The molecule has 2 heterocycles. The maximum atomic E-state index is 2.64. The molecule has 0 N–H and O–H groups in total. The standard InChI is InChI=1S/C17H24N2S/c1-2-19-13-10-17(20-19)14-18-11-8-16(9-12-18)15-6-4-3-5-7-15/h3-7,10,13,16-17H,2,8-9,11-12,14H2,1H3. The Kier molecular flexibility index (Phi) is 4.69. The van der Waals surface area contributed by atoms with E-state index in [2.05, 4.69) is 58.7 Å². The molecule has 2 aliphatic rings. The molecular weight excluding hydrogens is 264 g/mol. The Bertz CT molecular complexity index is 438. The predicted molar refractivity (Wildman–Crippen MR) is 87.8 cm³/mol. The van der Waals surface area contributed by atoms with E-state index in [1.165, 1.54) is 38.0 Å². The fraction of sp³-hybridized carbons (Fsp3) is 0.529. The van der Waals surface area contributed by atoms with Gasteiger partial charge < -0.3 is 9.21 Å². The number of hydrogen-bond acceptors (Lipinski definition) is 3. The fourth-order valence-electron chi connectivity index (χ4n) is 3.14. The summed E-state index contributed by atoms with van der Waals surface area (Å²) in [6.45, 7) is 7.02. The zero-order valence-electron chi connectivity index (χ0n) is 12.2. The first-order chi connectivity index (χ1) is 9.85. The van der Waals surface area contributed by atoms with Gasteiger partial charge in [-0.2, -0.15) is 0 Å². The Hall–Kier alpha value is -0.930. The van der Waals surface area contributed by atoms with Crippen molar-refractivity contribution in [2.75, 3.05) is 26.2 Å². The lowest BCUT2D eigenvalue weighted by Gasteiger charge is -2.33. The van der Waals surface area contributed by atoms with Gasteiger partial charge in [0.2, 0.25) is 0 Å². The van der Waals surface area contributed by atoms with Gasteiger partial charge in [0.05, 0.1) is 5.25 Å². The summed E-state index contributed by atoms with van der Waals surface area (Å²) in [7, 11) is 0. The summed E-state index contributed by atoms with van der Waals surface area (Å²) in [6.07, 6.45) is 7.22. The van der Waals surface area contributed by atoms with E-state index in [1.807, 2.05) is 11.9 Å². The number of benzene rings is 1. The molecule has 0 bridgehead atoms. The van der Waals surface area contributed by atoms with Crippen molar-refractivity contribution in [3.05, 3.63) is 48.2 Å². The number of piperidine rings is 1. The molecule has 0 amide bonds. The predicted octanol–water partition coefficient (Wildman–Crippen LogP) is 3.73. The van der Waals surface area contributed by atoms with Gasteiger partial charge in [0.15, 0.2) is 0 Å². The lowest BCUT2D eigenvalue weighted by atomic mass is 9.89. The highest BCUT2D eigenvalue weighted by molar-refractivity contribution is 7.98. The summed E-state index contributed by atoms with van der Waals surface area (Å²) in [5.41, 5.74) is 1.53. The van der Waals surface area contributed by atoms with Gasteiger partial charge in [-0.25, -0.2) is 0 Å². The van der Waals surface area contributed by atoms with Gasteiger partial charge in [0.1, 0.15) is 0 Å². The average Bonchev–Trinajstić information content (AvgIpc) is 2.97. The molecular formula is C17H24N2S. The van der Waals surface area contributed by atoms with Gasteiger partial charge in [0, 0.05) is 19.3 Å². The van der Waals surface area contributed by atoms with Crippen LogP contribution in [0.5, 0.6) is 0 Å². The summed E-state index contributed by atoms with van der Waals surface area (Å²) in [5.74, 6) is 0.770. The minimum Gasteiger partial charge on any atom is -0.323 e. The average molecular weight is 288 g/mol. The molecule has 1 aromatic carbocycles. The van der Waals surface area contributed by atoms with Gasteiger partial charge in [0.25, 0.3) is 0 Å². The highest BCUT2D eigenvalue weighted by Crippen LogP contribution is 2.30. The monoisotopic (exact) mass is 288 g/mol. The highest BCUT2D eigenvalue weighted by Gasteiger charge is 2.24. The summed E-state index contributed by atoms with van der Waals surface area (Å²) in [4.78, 5) is 2.64. The molecule has 0 radical (unpaired) electrons. The van der Waals surface area contributed by atoms with Crippen molar-refractivity contribution in [1.82, 2.24) is 9.21 Å². The largest absolute Gasteiger partial charge is 0.323 e. The zero-order valence-corrected chi connectivity index (χ0v) is 13.1. The fourth-order valence-corrected chi connectivity index (χ4v) is 4.19. The molecule has 0 aromatic heterocycles. The summed E-state index contributed by atoms with van der Waals surface area (Å²) < 4.78 is 2.33. The molecule has 1 atom stereocenters. The second kappa shape index (κ2) is 6.68. The first-order valence-electron chi connectivity index (χ1n) is 7.74. The van der Waals surface area contributed by atoms with Crippen LogP contribution < -0.4 is 0 Å². The molecule has 1 unspecified atom stereocenters. The third-order valence-corrected chi connectivity index (χ3v) is 5.57. The maximum Gasteiger partial charge on any atom is 0.0572 e. The minimum absolute atomic E-state index is 0.656. The molecule has 20 heavy (non-hydrogen) atoms. The summed E-state index contributed by atoms with van der Waals surface area (Å²) >= 11 is 1.98. The molecule has 1 aromatic rings. The Morgan fingerprint density at radius 2 is 1.90 bits per heavy atom. The first kappa shape index (κ1) is 14.0. The van der Waals surface area contributed by atoms with Crippen LogP contribution in [0.15, 0.2) is 42.6 Å². The van der Waals surface area contributed by atoms with E-state index in [1.54, 1.807) is 0 Å². The van der Waals surface area contributed by atoms with Gasteiger partial charge >= 0.3 is 0 Å². The quantitative estimate of drug-likeness (QED) is 0.780. The van der Waals surface area contributed by atoms with E-state index in [0.29, 0.717) is 5.25 Å². The molecule has 1 saturated heterocycles. The Balaban J connectivity index is 1.46. The van der Waals surface area contributed by atoms with Gasteiger partial charge in [-0.05, 0) is 56.3 Å². The normalized spacial score (nSPS) is 24.4. The third-order valence-electron chi connectivity index (χ3n) is 4.35. The molecule has 1 fully saturated rings. The SMILES string of the molecule is CCN1C=CC(CN2CCC(c3ccccc3)CC2)S1. The van der Waals surface area contributed by atoms with Crippen LogP contribution >= 0.6 is 11.9 Å². The van der Waals surface area contributed by atoms with Crippen molar-refractivity contribution in [2.24, 2.45) is 0 Å². The second-order valence-electron chi connectivity index (χ2n) is 5.70. The van der Waals surface area contributed by atoms with Crippen molar-refractivity contribution < 1.29 is 0 Å². The van der Waals surface area contributed by atoms with Crippen LogP contribution in [0.3, 0.4) is 0 Å². The maximum absolute atomic E-state index is 2.64. The van der Waals surface area contributed by atoms with Crippen LogP contribution in [-0.2, 0) is 0 Å². The second-order valence-corrected chi connectivity index (χ2v) is 6.99. The number of likely N-dealkylation sites (tertiary alicyclic amines) is 1. The van der Waals surface area contributed by atoms with Crippen LogP contribution in [0.2, 0.25) is 0 Å². The summed E-state index contributed by atoms with van der Waals surface area (Å²) in [5, 5.41) is 0.656. The molecule has 108 valence electrons. The van der Waals surface area contributed by atoms with Crippen LogP contribution in [0.4, 0.5) is 0 Å². The van der Waals surface area contributed by atoms with E-state index in [9.17, 15) is 0 Å². The minimum atomic E-state index is 0.656. The van der Waals surface area contributed by atoms with Crippen molar-refractivity contribution >= 4 is 11.9 Å². The number of nitrogens with zero attached hydrogens (tertiary/aromatic N) is 2. The number of hydrogen-bond donors (Lipinski definition) is 0. The van der Waals surface area contributed by atoms with Crippen LogP contribution in [0, 0.1) is 0 Å². The van der Waals surface area contributed by atoms with Gasteiger partial charge in [-0.3, -0.25) is 0 Å². The molecule has 0 aliphatic carbocycles. The summed E-state index contributed by atoms with van der Waals surface area (Å²) in [6, 6.07) is 11.0. The zero-order chi connectivity index (χ0) is 13.8. The lowest BCUT2D eigenvalue weighted by molar-refractivity contribution is 0.218. The highest BCUT2D eigenvalue weighted by atomic mass is 32.2. The van der Waals surface area contributed by atoms with Crippen molar-refractivity contribution in [3.63, 3.8) is 0 Å². The molecule has 2 nitrogen and oxygen atoms in total. The Labute approximate surface area is 127 Å². The van der Waals surface area contributed by atoms with E-state index < -0.39 is 0 Å². The third kappa shape index (κ3) is 3.39. The van der Waals surface area contributed by atoms with Gasteiger partial charge in [-0.15, -0.1) is 0 Å². The van der Waals surface area contributed by atoms with E-state index in [0.717, 1.165) is 12.5 Å². The van der Waals surface area contributed by atoms with Crippen LogP contribution in [0.1, 0.15) is 31.2 Å².